The maximum Gasteiger partial charge on any atom is 0.269 e. The fourth-order valence-corrected chi connectivity index (χ4v) is 3.43. The molecule has 27 heavy (non-hydrogen) atoms. The molecule has 1 saturated heterocycles. The summed E-state index contributed by atoms with van der Waals surface area (Å²) in [6.45, 7) is 3.68. The summed E-state index contributed by atoms with van der Waals surface area (Å²) in [6, 6.07) is 13.4. The van der Waals surface area contributed by atoms with Crippen LogP contribution in [0.2, 0.25) is 0 Å². The number of benzene rings is 2. The highest BCUT2D eigenvalue weighted by molar-refractivity contribution is 9.10. The van der Waals surface area contributed by atoms with Crippen molar-refractivity contribution in [2.24, 2.45) is 0 Å². The fourth-order valence-electron chi connectivity index (χ4n) is 3.01. The summed E-state index contributed by atoms with van der Waals surface area (Å²) >= 11 is 3.47. The van der Waals surface area contributed by atoms with Gasteiger partial charge in [-0.2, -0.15) is 0 Å². The molecular weight excluding hydrogens is 414 g/mol. The van der Waals surface area contributed by atoms with E-state index in [-0.39, 0.29) is 23.7 Å². The number of hydrogen-bond acceptors (Lipinski definition) is 5. The van der Waals surface area contributed by atoms with E-state index in [1.807, 2.05) is 31.2 Å². The van der Waals surface area contributed by atoms with Gasteiger partial charge < -0.3 is 10.1 Å². The first kappa shape index (κ1) is 19.5. The molecule has 1 heterocycles. The van der Waals surface area contributed by atoms with Crippen molar-refractivity contribution in [2.75, 3.05) is 25.0 Å². The van der Waals surface area contributed by atoms with E-state index in [2.05, 4.69) is 26.1 Å². The smallest absolute Gasteiger partial charge is 0.269 e. The summed E-state index contributed by atoms with van der Waals surface area (Å²) in [4.78, 5) is 24.9. The SMILES string of the molecule is CC(C(=O)Nc1ccc([N+](=O)[O-])cc1)N1CCOC(c2cccc(Br)c2)C1. The highest BCUT2D eigenvalue weighted by atomic mass is 79.9. The zero-order valence-electron chi connectivity index (χ0n) is 14.8. The molecule has 1 N–H and O–H groups in total. The molecule has 1 fully saturated rings. The Kier molecular flexibility index (Phi) is 6.20. The number of nitrogens with one attached hydrogen (secondary N) is 1. The predicted molar refractivity (Wildman–Crippen MR) is 106 cm³/mol. The number of halogens is 1. The number of carbonyl (C=O) groups excluding carboxylic acids is 1. The molecular formula is C19H20BrN3O4. The Morgan fingerprint density at radius 2 is 2.07 bits per heavy atom. The lowest BCUT2D eigenvalue weighted by Gasteiger charge is -2.36. The number of carbonyl (C=O) groups is 1. The summed E-state index contributed by atoms with van der Waals surface area (Å²) in [5, 5.41) is 13.5. The number of ether oxygens (including phenoxy) is 1. The Morgan fingerprint density at radius 1 is 1.33 bits per heavy atom. The van der Waals surface area contributed by atoms with E-state index in [0.717, 1.165) is 10.0 Å². The Labute approximate surface area is 165 Å². The molecule has 8 heteroatoms. The minimum Gasteiger partial charge on any atom is -0.371 e. The van der Waals surface area contributed by atoms with Gasteiger partial charge in [0.25, 0.3) is 5.69 Å². The summed E-state index contributed by atoms with van der Waals surface area (Å²) in [6.07, 6.45) is -0.0918. The number of non-ortho nitro benzene ring substituents is 1. The van der Waals surface area contributed by atoms with Crippen LogP contribution < -0.4 is 5.32 Å². The average Bonchev–Trinajstić information content (AvgIpc) is 2.68. The lowest BCUT2D eigenvalue weighted by Crippen LogP contribution is -2.48. The van der Waals surface area contributed by atoms with Gasteiger partial charge in [-0.05, 0) is 36.8 Å². The van der Waals surface area contributed by atoms with Gasteiger partial charge in [-0.1, -0.05) is 28.1 Å². The van der Waals surface area contributed by atoms with Crippen LogP contribution in [0.5, 0.6) is 0 Å². The van der Waals surface area contributed by atoms with Gasteiger partial charge in [-0.3, -0.25) is 19.8 Å². The number of morpholine rings is 1. The highest BCUT2D eigenvalue weighted by Crippen LogP contribution is 2.26. The van der Waals surface area contributed by atoms with Gasteiger partial charge in [-0.15, -0.1) is 0 Å². The molecule has 2 atom stereocenters. The monoisotopic (exact) mass is 433 g/mol. The van der Waals surface area contributed by atoms with Crippen LogP contribution in [0.4, 0.5) is 11.4 Å². The molecule has 142 valence electrons. The maximum absolute atomic E-state index is 12.6. The minimum absolute atomic E-state index is 0.00825. The van der Waals surface area contributed by atoms with Crippen LogP contribution in [0.3, 0.4) is 0 Å². The van der Waals surface area contributed by atoms with Gasteiger partial charge in [0, 0.05) is 35.4 Å². The normalized spacial score (nSPS) is 18.7. The zero-order valence-corrected chi connectivity index (χ0v) is 16.4. The van der Waals surface area contributed by atoms with E-state index in [9.17, 15) is 14.9 Å². The third-order valence-corrected chi connectivity index (χ3v) is 5.08. The first-order valence-corrected chi connectivity index (χ1v) is 9.40. The molecule has 2 aromatic rings. The molecule has 0 aliphatic carbocycles. The van der Waals surface area contributed by atoms with Gasteiger partial charge in [0.1, 0.15) is 0 Å². The van der Waals surface area contributed by atoms with Crippen molar-refractivity contribution >= 4 is 33.2 Å². The van der Waals surface area contributed by atoms with Crippen molar-refractivity contribution in [1.82, 2.24) is 4.90 Å². The predicted octanol–water partition coefficient (Wildman–Crippen LogP) is 3.76. The van der Waals surface area contributed by atoms with Crippen molar-refractivity contribution in [3.05, 3.63) is 68.7 Å². The molecule has 0 radical (unpaired) electrons. The van der Waals surface area contributed by atoms with Gasteiger partial charge in [0.15, 0.2) is 0 Å². The van der Waals surface area contributed by atoms with E-state index < -0.39 is 4.92 Å². The van der Waals surface area contributed by atoms with E-state index in [4.69, 9.17) is 4.74 Å². The second-order valence-corrected chi connectivity index (χ2v) is 7.29. The average molecular weight is 434 g/mol. The third-order valence-electron chi connectivity index (χ3n) is 4.59. The Hall–Kier alpha value is -2.29. The Morgan fingerprint density at radius 3 is 2.74 bits per heavy atom. The van der Waals surface area contributed by atoms with Crippen LogP contribution in [-0.2, 0) is 9.53 Å². The highest BCUT2D eigenvalue weighted by Gasteiger charge is 2.29. The first-order chi connectivity index (χ1) is 12.9. The van der Waals surface area contributed by atoms with Crippen LogP contribution in [-0.4, -0.2) is 41.5 Å². The Bertz CT molecular complexity index is 828. The summed E-state index contributed by atoms with van der Waals surface area (Å²) < 4.78 is 6.87. The topological polar surface area (TPSA) is 84.7 Å². The van der Waals surface area contributed by atoms with E-state index >= 15 is 0 Å². The quantitative estimate of drug-likeness (QED) is 0.572. The van der Waals surface area contributed by atoms with Crippen LogP contribution in [0.15, 0.2) is 53.0 Å². The zero-order chi connectivity index (χ0) is 19.4. The van der Waals surface area contributed by atoms with Gasteiger partial charge >= 0.3 is 0 Å². The number of nitro benzene ring substituents is 1. The maximum atomic E-state index is 12.6. The molecule has 1 amide bonds. The number of nitro groups is 1. The fraction of sp³-hybridized carbons (Fsp3) is 0.316. The number of nitrogens with zero attached hydrogens (tertiary/aromatic N) is 2. The molecule has 1 aliphatic rings. The molecule has 7 nitrogen and oxygen atoms in total. The van der Waals surface area contributed by atoms with Crippen LogP contribution in [0.1, 0.15) is 18.6 Å². The van der Waals surface area contributed by atoms with Crippen molar-refractivity contribution in [1.29, 1.82) is 0 Å². The van der Waals surface area contributed by atoms with Gasteiger partial charge in [-0.25, -0.2) is 0 Å². The van der Waals surface area contributed by atoms with Crippen LogP contribution >= 0.6 is 15.9 Å². The second kappa shape index (κ2) is 8.60. The number of anilines is 1. The van der Waals surface area contributed by atoms with Crippen LogP contribution in [0, 0.1) is 10.1 Å². The number of rotatable bonds is 5. The van der Waals surface area contributed by atoms with Gasteiger partial charge in [0.2, 0.25) is 5.91 Å². The summed E-state index contributed by atoms with van der Waals surface area (Å²) in [5.74, 6) is -0.154. The molecule has 2 unspecified atom stereocenters. The number of amides is 1. The molecule has 2 aromatic carbocycles. The molecule has 0 saturated carbocycles. The van der Waals surface area contributed by atoms with E-state index in [1.54, 1.807) is 0 Å². The summed E-state index contributed by atoms with van der Waals surface area (Å²) in [7, 11) is 0. The number of hydrogen-bond donors (Lipinski definition) is 1. The van der Waals surface area contributed by atoms with Gasteiger partial charge in [0.05, 0.1) is 23.7 Å². The second-order valence-electron chi connectivity index (χ2n) is 6.38. The summed E-state index contributed by atoms with van der Waals surface area (Å²) in [5.41, 5.74) is 1.59. The molecule has 0 bridgehead atoms. The molecule has 0 aromatic heterocycles. The lowest BCUT2D eigenvalue weighted by atomic mass is 10.1. The standard InChI is InChI=1S/C19H20BrN3O4/c1-13(19(24)21-16-5-7-17(8-6-16)23(25)26)22-9-10-27-18(12-22)14-3-2-4-15(20)11-14/h2-8,11,13,18H,9-10,12H2,1H3,(H,21,24). The van der Waals surface area contributed by atoms with Crippen molar-refractivity contribution < 1.29 is 14.5 Å². The van der Waals surface area contributed by atoms with E-state index in [0.29, 0.717) is 25.4 Å². The largest absolute Gasteiger partial charge is 0.371 e. The minimum atomic E-state index is -0.468. The molecule has 3 rings (SSSR count). The molecule has 1 aliphatic heterocycles. The third kappa shape index (κ3) is 4.91. The van der Waals surface area contributed by atoms with Crippen molar-refractivity contribution in [3.8, 4) is 0 Å². The lowest BCUT2D eigenvalue weighted by molar-refractivity contribution is -0.384. The Balaban J connectivity index is 1.62. The molecule has 0 spiro atoms. The van der Waals surface area contributed by atoms with Crippen molar-refractivity contribution in [2.45, 2.75) is 19.1 Å². The van der Waals surface area contributed by atoms with E-state index in [1.165, 1.54) is 24.3 Å². The first-order valence-electron chi connectivity index (χ1n) is 8.60. The van der Waals surface area contributed by atoms with Crippen molar-refractivity contribution in [3.63, 3.8) is 0 Å². The van der Waals surface area contributed by atoms with Crippen LogP contribution in [0.25, 0.3) is 0 Å².